The van der Waals surface area contributed by atoms with Crippen LogP contribution in [0.5, 0.6) is 0 Å². The largest absolute Gasteiger partial charge is 0.416 e. The summed E-state index contributed by atoms with van der Waals surface area (Å²) in [5.74, 6) is -0.318. The predicted octanol–water partition coefficient (Wildman–Crippen LogP) is 5.17. The van der Waals surface area contributed by atoms with E-state index >= 15 is 0 Å². The van der Waals surface area contributed by atoms with Crippen LogP contribution in [0.2, 0.25) is 5.02 Å². The third kappa shape index (κ3) is 5.37. The highest BCUT2D eigenvalue weighted by Gasteiger charge is 2.31. The summed E-state index contributed by atoms with van der Waals surface area (Å²) >= 11 is 7.49. The van der Waals surface area contributed by atoms with Crippen LogP contribution < -0.4 is 10.6 Å². The Hall–Kier alpha value is -1.73. The van der Waals surface area contributed by atoms with E-state index in [0.717, 1.165) is 17.0 Å². The van der Waals surface area contributed by atoms with E-state index in [-0.39, 0.29) is 16.8 Å². The topological polar surface area (TPSA) is 41.1 Å². The zero-order valence-electron chi connectivity index (χ0n) is 13.7. The zero-order valence-corrected chi connectivity index (χ0v) is 15.2. The molecule has 0 aliphatic rings. The first-order valence-electron chi connectivity index (χ1n) is 7.62. The van der Waals surface area contributed by atoms with E-state index < -0.39 is 17.8 Å². The summed E-state index contributed by atoms with van der Waals surface area (Å²) in [5, 5.41) is 7.62. The minimum absolute atomic E-state index is 0.0773. The fourth-order valence-corrected chi connectivity index (χ4v) is 3.09. The normalized spacial score (nSPS) is 12.9. The highest BCUT2D eigenvalue weighted by Crippen LogP contribution is 2.34. The van der Waals surface area contributed by atoms with Crippen LogP contribution in [0.15, 0.2) is 35.7 Å². The maximum Gasteiger partial charge on any atom is 0.416 e. The van der Waals surface area contributed by atoms with Crippen LogP contribution in [0.4, 0.5) is 18.9 Å². The summed E-state index contributed by atoms with van der Waals surface area (Å²) < 4.78 is 38.1. The Morgan fingerprint density at radius 3 is 2.52 bits per heavy atom. The second-order valence-corrected chi connectivity index (χ2v) is 7.30. The Morgan fingerprint density at radius 2 is 2.00 bits per heavy atom. The van der Waals surface area contributed by atoms with Crippen molar-refractivity contribution in [1.29, 1.82) is 0 Å². The van der Waals surface area contributed by atoms with Gasteiger partial charge >= 0.3 is 6.18 Å². The minimum Gasteiger partial charge on any atom is -0.372 e. The van der Waals surface area contributed by atoms with Gasteiger partial charge in [0.25, 0.3) is 0 Å². The average Bonchev–Trinajstić information content (AvgIpc) is 3.03. The number of carbonyl (C=O) groups excluding carboxylic acids is 1. The van der Waals surface area contributed by atoms with Gasteiger partial charge in [-0.3, -0.25) is 4.79 Å². The van der Waals surface area contributed by atoms with Crippen molar-refractivity contribution >= 4 is 34.5 Å². The molecule has 2 aromatic rings. The molecule has 0 saturated heterocycles. The van der Waals surface area contributed by atoms with E-state index in [1.54, 1.807) is 0 Å². The fourth-order valence-electron chi connectivity index (χ4n) is 2.21. The molecule has 8 heteroatoms. The van der Waals surface area contributed by atoms with Crippen molar-refractivity contribution in [1.82, 2.24) is 5.32 Å². The summed E-state index contributed by atoms with van der Waals surface area (Å²) in [4.78, 5) is 13.4. The van der Waals surface area contributed by atoms with Crippen molar-refractivity contribution in [2.45, 2.75) is 32.6 Å². The van der Waals surface area contributed by atoms with Crippen LogP contribution in [0.3, 0.4) is 0 Å². The van der Waals surface area contributed by atoms with Gasteiger partial charge in [0.1, 0.15) is 6.04 Å². The Morgan fingerprint density at radius 1 is 1.28 bits per heavy atom. The molecule has 2 rings (SSSR count). The van der Waals surface area contributed by atoms with Crippen molar-refractivity contribution in [3.63, 3.8) is 0 Å². The van der Waals surface area contributed by atoms with Crippen LogP contribution in [0, 0.1) is 5.92 Å². The highest BCUT2D eigenvalue weighted by molar-refractivity contribution is 7.09. The molecule has 0 aliphatic heterocycles. The first-order valence-corrected chi connectivity index (χ1v) is 8.87. The van der Waals surface area contributed by atoms with Gasteiger partial charge in [-0.2, -0.15) is 13.2 Å². The van der Waals surface area contributed by atoms with Crippen LogP contribution in [-0.2, 0) is 17.5 Å². The average molecular weight is 391 g/mol. The van der Waals surface area contributed by atoms with Gasteiger partial charge in [0.15, 0.2) is 0 Å². The summed E-state index contributed by atoms with van der Waals surface area (Å²) in [5.41, 5.74) is -0.536. The summed E-state index contributed by atoms with van der Waals surface area (Å²) in [7, 11) is 0. The molecule has 1 aromatic carbocycles. The lowest BCUT2D eigenvalue weighted by Crippen LogP contribution is -2.42. The van der Waals surface area contributed by atoms with E-state index in [9.17, 15) is 18.0 Å². The monoisotopic (exact) mass is 390 g/mol. The molecule has 25 heavy (non-hydrogen) atoms. The molecule has 0 fully saturated rings. The predicted molar refractivity (Wildman–Crippen MR) is 94.9 cm³/mol. The van der Waals surface area contributed by atoms with Crippen molar-refractivity contribution in [2.75, 3.05) is 5.32 Å². The number of benzene rings is 1. The lowest BCUT2D eigenvalue weighted by molar-refractivity contribution is -0.137. The summed E-state index contributed by atoms with van der Waals surface area (Å²) in [6.07, 6.45) is -4.46. The minimum atomic E-state index is -4.46. The van der Waals surface area contributed by atoms with Gasteiger partial charge in [0, 0.05) is 4.88 Å². The number of rotatable bonds is 6. The highest BCUT2D eigenvalue weighted by atomic mass is 35.5. The molecular weight excluding hydrogens is 373 g/mol. The number of amides is 1. The molecular formula is C17H18ClF3N2OS. The van der Waals surface area contributed by atoms with Crippen LogP contribution >= 0.6 is 22.9 Å². The lowest BCUT2D eigenvalue weighted by Gasteiger charge is -2.23. The van der Waals surface area contributed by atoms with Gasteiger partial charge < -0.3 is 10.6 Å². The molecule has 1 atom stereocenters. The molecule has 1 heterocycles. The van der Waals surface area contributed by atoms with Crippen molar-refractivity contribution in [3.05, 3.63) is 51.2 Å². The Kier molecular flexibility index (Phi) is 6.35. The summed E-state index contributed by atoms with van der Waals surface area (Å²) in [6.45, 7) is 4.10. The molecule has 0 saturated carbocycles. The molecule has 0 bridgehead atoms. The van der Waals surface area contributed by atoms with Gasteiger partial charge in [-0.05, 0) is 35.6 Å². The Balaban J connectivity index is 2.09. The molecule has 1 unspecified atom stereocenters. The quantitative estimate of drug-likeness (QED) is 0.714. The number of halogens is 4. The van der Waals surface area contributed by atoms with Crippen molar-refractivity contribution in [3.8, 4) is 0 Å². The van der Waals surface area contributed by atoms with Gasteiger partial charge in [0.05, 0.1) is 22.8 Å². The first-order chi connectivity index (χ1) is 11.7. The number of thiophene rings is 1. The van der Waals surface area contributed by atoms with E-state index in [1.165, 1.54) is 17.4 Å². The maximum atomic E-state index is 12.7. The van der Waals surface area contributed by atoms with Gasteiger partial charge in [0.2, 0.25) is 5.91 Å². The van der Waals surface area contributed by atoms with Crippen molar-refractivity contribution < 1.29 is 18.0 Å². The number of carbonyl (C=O) groups is 1. The molecule has 0 spiro atoms. The van der Waals surface area contributed by atoms with Crippen LogP contribution in [0.1, 0.15) is 24.3 Å². The molecule has 0 radical (unpaired) electrons. The SMILES string of the molecule is CC(C)C(Nc1ccc(C(F)(F)F)cc1Cl)C(=O)NCc1cccs1. The second kappa shape index (κ2) is 8.10. The third-order valence-electron chi connectivity index (χ3n) is 3.57. The lowest BCUT2D eigenvalue weighted by atomic mass is 10.0. The van der Waals surface area contributed by atoms with E-state index in [4.69, 9.17) is 11.6 Å². The smallest absolute Gasteiger partial charge is 0.372 e. The second-order valence-electron chi connectivity index (χ2n) is 5.86. The van der Waals surface area contributed by atoms with Crippen LogP contribution in [0.25, 0.3) is 0 Å². The van der Waals surface area contributed by atoms with Gasteiger partial charge in [-0.15, -0.1) is 11.3 Å². The van der Waals surface area contributed by atoms with E-state index in [1.807, 2.05) is 31.4 Å². The number of hydrogen-bond acceptors (Lipinski definition) is 3. The van der Waals surface area contributed by atoms with E-state index in [2.05, 4.69) is 10.6 Å². The Bertz CT molecular complexity index is 717. The molecule has 3 nitrogen and oxygen atoms in total. The third-order valence-corrected chi connectivity index (χ3v) is 4.76. The number of anilines is 1. The van der Waals surface area contributed by atoms with Gasteiger partial charge in [-0.25, -0.2) is 0 Å². The number of hydrogen-bond donors (Lipinski definition) is 2. The van der Waals surface area contributed by atoms with Gasteiger partial charge in [-0.1, -0.05) is 31.5 Å². The first kappa shape index (κ1) is 19.6. The van der Waals surface area contributed by atoms with Crippen LogP contribution in [-0.4, -0.2) is 11.9 Å². The number of alkyl halides is 3. The fraction of sp³-hybridized carbons (Fsp3) is 0.353. The zero-order chi connectivity index (χ0) is 18.6. The maximum absolute atomic E-state index is 12.7. The summed E-state index contributed by atoms with van der Waals surface area (Å²) in [6, 6.07) is 6.23. The standard InChI is InChI=1S/C17H18ClF3N2OS/c1-10(2)15(16(24)22-9-12-4-3-7-25-12)23-14-6-5-11(8-13(14)18)17(19,20)21/h3-8,10,15,23H,9H2,1-2H3,(H,22,24). The molecule has 0 aliphatic carbocycles. The molecule has 1 aromatic heterocycles. The van der Waals surface area contributed by atoms with E-state index in [0.29, 0.717) is 12.2 Å². The number of nitrogens with one attached hydrogen (secondary N) is 2. The Labute approximate surface area is 153 Å². The molecule has 136 valence electrons. The molecule has 1 amide bonds. The van der Waals surface area contributed by atoms with Crippen molar-refractivity contribution in [2.24, 2.45) is 5.92 Å². The molecule has 2 N–H and O–H groups in total.